The van der Waals surface area contributed by atoms with E-state index in [0.717, 1.165) is 25.3 Å². The number of hydrogen-bond acceptors (Lipinski definition) is 3. The first-order valence-electron chi connectivity index (χ1n) is 6.85. The fourth-order valence-electron chi connectivity index (χ4n) is 2.60. The number of aliphatic carboxylic acids is 1. The molecular weight excluding hydrogens is 258 g/mol. The maximum Gasteiger partial charge on any atom is 0.320 e. The van der Waals surface area contributed by atoms with Crippen molar-refractivity contribution in [3.63, 3.8) is 0 Å². The van der Waals surface area contributed by atoms with Gasteiger partial charge in [0.15, 0.2) is 0 Å². The lowest BCUT2D eigenvalue weighted by Crippen LogP contribution is -2.39. The summed E-state index contributed by atoms with van der Waals surface area (Å²) in [6.07, 6.45) is 1.80. The summed E-state index contributed by atoms with van der Waals surface area (Å²) >= 11 is 1.87. The Balaban J connectivity index is 1.80. The van der Waals surface area contributed by atoms with Crippen molar-refractivity contribution in [1.82, 2.24) is 4.90 Å². The first-order chi connectivity index (χ1) is 9.20. The van der Waals surface area contributed by atoms with Gasteiger partial charge in [0.05, 0.1) is 0 Å². The van der Waals surface area contributed by atoms with Gasteiger partial charge >= 0.3 is 5.97 Å². The minimum absolute atomic E-state index is 0.299. The standard InChI is InChI=1S/C15H21NO2S/c1-2-14(15(17)18)16-9-8-12(10-16)11-19-13-6-4-3-5-7-13/h3-7,12,14H,2,8-11H2,1H3,(H,17,18). The summed E-state index contributed by atoms with van der Waals surface area (Å²) in [5, 5.41) is 9.18. The Labute approximate surface area is 119 Å². The molecule has 0 aromatic heterocycles. The molecule has 4 heteroatoms. The van der Waals surface area contributed by atoms with E-state index in [1.807, 2.05) is 24.8 Å². The number of likely N-dealkylation sites (tertiary alicyclic amines) is 1. The molecule has 1 fully saturated rings. The van der Waals surface area contributed by atoms with Gasteiger partial charge in [-0.05, 0) is 37.4 Å². The van der Waals surface area contributed by atoms with Gasteiger partial charge in [0.2, 0.25) is 0 Å². The van der Waals surface area contributed by atoms with Gasteiger partial charge in [-0.2, -0.15) is 0 Å². The SMILES string of the molecule is CCC(C(=O)O)N1CCC(CSc2ccccc2)C1. The van der Waals surface area contributed by atoms with E-state index in [1.54, 1.807) is 0 Å². The third kappa shape index (κ3) is 3.98. The smallest absolute Gasteiger partial charge is 0.320 e. The second kappa shape index (κ2) is 6.96. The molecule has 3 nitrogen and oxygen atoms in total. The average Bonchev–Trinajstić information content (AvgIpc) is 2.87. The van der Waals surface area contributed by atoms with Gasteiger partial charge in [0.1, 0.15) is 6.04 Å². The molecule has 19 heavy (non-hydrogen) atoms. The number of nitrogens with zero attached hydrogens (tertiary/aromatic N) is 1. The lowest BCUT2D eigenvalue weighted by Gasteiger charge is -2.22. The number of carbonyl (C=O) groups is 1. The van der Waals surface area contributed by atoms with Gasteiger partial charge in [0.25, 0.3) is 0 Å². The molecule has 2 rings (SSSR count). The van der Waals surface area contributed by atoms with Crippen LogP contribution in [0.5, 0.6) is 0 Å². The lowest BCUT2D eigenvalue weighted by molar-refractivity contribution is -0.143. The monoisotopic (exact) mass is 279 g/mol. The number of hydrogen-bond donors (Lipinski definition) is 1. The summed E-state index contributed by atoms with van der Waals surface area (Å²) in [4.78, 5) is 14.6. The van der Waals surface area contributed by atoms with Gasteiger partial charge in [-0.15, -0.1) is 11.8 Å². The molecule has 0 bridgehead atoms. The van der Waals surface area contributed by atoms with Crippen LogP contribution in [0, 0.1) is 5.92 Å². The summed E-state index contributed by atoms with van der Waals surface area (Å²) in [6, 6.07) is 10.1. The van der Waals surface area contributed by atoms with Crippen LogP contribution in [0.3, 0.4) is 0 Å². The van der Waals surface area contributed by atoms with Gasteiger partial charge in [-0.1, -0.05) is 25.1 Å². The van der Waals surface area contributed by atoms with E-state index in [-0.39, 0.29) is 6.04 Å². The predicted octanol–water partition coefficient (Wildman–Crippen LogP) is 2.96. The fourth-order valence-corrected chi connectivity index (χ4v) is 3.65. The molecule has 2 atom stereocenters. The van der Waals surface area contributed by atoms with Crippen molar-refractivity contribution in [2.75, 3.05) is 18.8 Å². The second-order valence-corrected chi connectivity index (χ2v) is 6.13. The number of carboxylic acids is 1. The van der Waals surface area contributed by atoms with E-state index >= 15 is 0 Å². The minimum atomic E-state index is -0.682. The molecule has 1 aromatic carbocycles. The van der Waals surface area contributed by atoms with E-state index in [4.69, 9.17) is 0 Å². The van der Waals surface area contributed by atoms with Crippen LogP contribution in [0.15, 0.2) is 35.2 Å². The molecule has 104 valence electrons. The van der Waals surface area contributed by atoms with E-state index in [0.29, 0.717) is 12.3 Å². The van der Waals surface area contributed by atoms with Gasteiger partial charge in [0, 0.05) is 17.2 Å². The van der Waals surface area contributed by atoms with Crippen molar-refractivity contribution < 1.29 is 9.90 Å². The maximum absolute atomic E-state index is 11.2. The molecule has 1 saturated heterocycles. The zero-order chi connectivity index (χ0) is 13.7. The predicted molar refractivity (Wildman–Crippen MR) is 78.6 cm³/mol. The van der Waals surface area contributed by atoms with Crippen molar-refractivity contribution in [3.05, 3.63) is 30.3 Å². The largest absolute Gasteiger partial charge is 0.480 e. The summed E-state index contributed by atoms with van der Waals surface area (Å²) in [6.45, 7) is 3.79. The molecule has 1 aromatic rings. The first kappa shape index (κ1) is 14.4. The third-order valence-corrected chi connectivity index (χ3v) is 4.90. The third-order valence-electron chi connectivity index (χ3n) is 3.66. The zero-order valence-electron chi connectivity index (χ0n) is 11.3. The van der Waals surface area contributed by atoms with Crippen LogP contribution in [0.4, 0.5) is 0 Å². The molecule has 0 aliphatic carbocycles. The molecule has 1 N–H and O–H groups in total. The molecule has 1 aliphatic rings. The normalized spacial score (nSPS) is 21.4. The fraction of sp³-hybridized carbons (Fsp3) is 0.533. The van der Waals surface area contributed by atoms with Crippen molar-refractivity contribution in [2.24, 2.45) is 5.92 Å². The van der Waals surface area contributed by atoms with Crippen LogP contribution in [0.25, 0.3) is 0 Å². The van der Waals surface area contributed by atoms with Gasteiger partial charge in [-0.3, -0.25) is 9.69 Å². The highest BCUT2D eigenvalue weighted by atomic mass is 32.2. The minimum Gasteiger partial charge on any atom is -0.480 e. The summed E-state index contributed by atoms with van der Waals surface area (Å²) in [5.41, 5.74) is 0. The highest BCUT2D eigenvalue weighted by Gasteiger charge is 2.30. The van der Waals surface area contributed by atoms with E-state index < -0.39 is 5.97 Å². The Hall–Kier alpha value is -1.00. The molecule has 0 spiro atoms. The van der Waals surface area contributed by atoms with Crippen LogP contribution in [0.2, 0.25) is 0 Å². The highest BCUT2D eigenvalue weighted by molar-refractivity contribution is 7.99. The summed E-state index contributed by atoms with van der Waals surface area (Å²) < 4.78 is 0. The molecule has 1 heterocycles. The van der Waals surface area contributed by atoms with Crippen LogP contribution < -0.4 is 0 Å². The second-order valence-electron chi connectivity index (χ2n) is 5.04. The highest BCUT2D eigenvalue weighted by Crippen LogP contribution is 2.27. The van der Waals surface area contributed by atoms with Crippen LogP contribution in [-0.4, -0.2) is 40.9 Å². The molecule has 2 unspecified atom stereocenters. The Bertz CT molecular complexity index is 410. The lowest BCUT2D eigenvalue weighted by atomic mass is 10.1. The molecule has 0 radical (unpaired) electrons. The maximum atomic E-state index is 11.2. The Kier molecular flexibility index (Phi) is 5.28. The van der Waals surface area contributed by atoms with Gasteiger partial charge < -0.3 is 5.11 Å². The van der Waals surface area contributed by atoms with Crippen molar-refractivity contribution >= 4 is 17.7 Å². The van der Waals surface area contributed by atoms with E-state index in [1.165, 1.54) is 4.90 Å². The topological polar surface area (TPSA) is 40.5 Å². The number of rotatable bonds is 6. The van der Waals surface area contributed by atoms with Crippen molar-refractivity contribution in [3.8, 4) is 0 Å². The molecule has 0 amide bonds. The van der Waals surface area contributed by atoms with Crippen molar-refractivity contribution in [2.45, 2.75) is 30.7 Å². The van der Waals surface area contributed by atoms with Gasteiger partial charge in [-0.25, -0.2) is 0 Å². The van der Waals surface area contributed by atoms with Crippen LogP contribution >= 0.6 is 11.8 Å². The first-order valence-corrected chi connectivity index (χ1v) is 7.84. The number of thioether (sulfide) groups is 1. The van der Waals surface area contributed by atoms with Crippen LogP contribution in [0.1, 0.15) is 19.8 Å². The summed E-state index contributed by atoms with van der Waals surface area (Å²) in [5.74, 6) is 1.01. The Morgan fingerprint density at radius 2 is 2.21 bits per heavy atom. The Morgan fingerprint density at radius 3 is 2.84 bits per heavy atom. The number of benzene rings is 1. The molecular formula is C15H21NO2S. The molecule has 1 aliphatic heterocycles. The average molecular weight is 279 g/mol. The zero-order valence-corrected chi connectivity index (χ0v) is 12.1. The number of carboxylic acid groups (broad SMARTS) is 1. The van der Waals surface area contributed by atoms with Crippen LogP contribution in [-0.2, 0) is 4.79 Å². The van der Waals surface area contributed by atoms with E-state index in [2.05, 4.69) is 29.2 Å². The molecule has 0 saturated carbocycles. The van der Waals surface area contributed by atoms with E-state index in [9.17, 15) is 9.90 Å². The summed E-state index contributed by atoms with van der Waals surface area (Å²) in [7, 11) is 0. The Morgan fingerprint density at radius 1 is 1.47 bits per heavy atom. The quantitative estimate of drug-likeness (QED) is 0.813. The van der Waals surface area contributed by atoms with Crippen molar-refractivity contribution in [1.29, 1.82) is 0 Å².